The van der Waals surface area contributed by atoms with Gasteiger partial charge in [0.1, 0.15) is 6.10 Å². The summed E-state index contributed by atoms with van der Waals surface area (Å²) in [4.78, 5) is 23.7. The van der Waals surface area contributed by atoms with Crippen LogP contribution in [0.1, 0.15) is 116 Å². The Bertz CT molecular complexity index is 387. The first kappa shape index (κ1) is 26.9. The molecule has 0 aromatic rings. The van der Waals surface area contributed by atoms with Crippen molar-refractivity contribution in [1.82, 2.24) is 4.90 Å². The van der Waals surface area contributed by atoms with Crippen molar-refractivity contribution in [3.05, 3.63) is 0 Å². The lowest BCUT2D eigenvalue weighted by Crippen LogP contribution is -2.38. The number of hydrogen-bond acceptors (Lipinski definition) is 3. The van der Waals surface area contributed by atoms with Gasteiger partial charge in [-0.1, -0.05) is 103 Å². The third kappa shape index (κ3) is 17.0. The lowest BCUT2D eigenvalue weighted by Gasteiger charge is -2.19. The van der Waals surface area contributed by atoms with E-state index in [-0.39, 0.29) is 0 Å². The van der Waals surface area contributed by atoms with Gasteiger partial charge in [0, 0.05) is 13.6 Å². The summed E-state index contributed by atoms with van der Waals surface area (Å²) in [6.07, 6.45) is 19.0. The summed E-state index contributed by atoms with van der Waals surface area (Å²) < 4.78 is 0. The molecule has 1 atom stereocenters. The number of aliphatic hydroxyl groups is 1. The van der Waals surface area contributed by atoms with Crippen LogP contribution in [-0.4, -0.2) is 46.7 Å². The van der Waals surface area contributed by atoms with Crippen LogP contribution in [0.5, 0.6) is 0 Å². The van der Waals surface area contributed by atoms with Gasteiger partial charge >= 0.3 is 5.97 Å². The van der Waals surface area contributed by atoms with Crippen LogP contribution in [0, 0.1) is 0 Å². The molecule has 0 radical (unpaired) electrons. The molecule has 0 bridgehead atoms. The lowest BCUT2D eigenvalue weighted by molar-refractivity contribution is -0.147. The molecular formula is C23H45NO4. The number of rotatable bonds is 20. The Morgan fingerprint density at radius 2 is 1.07 bits per heavy atom. The van der Waals surface area contributed by atoms with Crippen molar-refractivity contribution in [1.29, 1.82) is 0 Å². The summed E-state index contributed by atoms with van der Waals surface area (Å²) in [5, 5.41) is 18.1. The maximum atomic E-state index is 11.8. The number of nitrogens with zero attached hydrogens (tertiary/aromatic N) is 1. The molecule has 0 aromatic carbocycles. The van der Waals surface area contributed by atoms with Crippen molar-refractivity contribution in [3.8, 4) is 0 Å². The average Bonchev–Trinajstić information content (AvgIpc) is 2.66. The number of hydrogen-bond donors (Lipinski definition) is 2. The molecule has 1 unspecified atom stereocenters. The zero-order valence-corrected chi connectivity index (χ0v) is 18.5. The van der Waals surface area contributed by atoms with Crippen LogP contribution in [0.4, 0.5) is 0 Å². The van der Waals surface area contributed by atoms with Gasteiger partial charge in [-0.15, -0.1) is 0 Å². The molecule has 0 aliphatic carbocycles. The fourth-order valence-electron chi connectivity index (χ4n) is 3.51. The van der Waals surface area contributed by atoms with Crippen molar-refractivity contribution in [2.75, 3.05) is 13.6 Å². The highest BCUT2D eigenvalue weighted by molar-refractivity contribution is 5.84. The van der Waals surface area contributed by atoms with Gasteiger partial charge in [0.2, 0.25) is 0 Å². The van der Waals surface area contributed by atoms with Crippen molar-refractivity contribution in [2.24, 2.45) is 0 Å². The Morgan fingerprint density at radius 1 is 0.714 bits per heavy atom. The van der Waals surface area contributed by atoms with Crippen LogP contribution in [0.25, 0.3) is 0 Å². The van der Waals surface area contributed by atoms with E-state index < -0.39 is 24.4 Å². The largest absolute Gasteiger partial charge is 0.481 e. The van der Waals surface area contributed by atoms with Crippen molar-refractivity contribution in [2.45, 2.75) is 122 Å². The number of unbranched alkanes of at least 4 members (excludes halogenated alkanes) is 15. The zero-order valence-electron chi connectivity index (χ0n) is 18.5. The third-order valence-corrected chi connectivity index (χ3v) is 5.38. The van der Waals surface area contributed by atoms with Crippen LogP contribution in [0.15, 0.2) is 0 Å². The number of aliphatic carboxylic acids is 1. The Balaban J connectivity index is 3.33. The minimum atomic E-state index is -1.43. The molecular weight excluding hydrogens is 354 g/mol. The summed E-state index contributed by atoms with van der Waals surface area (Å²) in [7, 11) is 1.62. The Labute approximate surface area is 172 Å². The van der Waals surface area contributed by atoms with E-state index in [1.807, 2.05) is 0 Å². The van der Waals surface area contributed by atoms with Gasteiger partial charge in [-0.3, -0.25) is 9.59 Å². The second-order valence-electron chi connectivity index (χ2n) is 8.18. The summed E-state index contributed by atoms with van der Waals surface area (Å²) in [6, 6.07) is 0. The highest BCUT2D eigenvalue weighted by Gasteiger charge is 2.21. The minimum absolute atomic E-state index is 0.497. The highest BCUT2D eigenvalue weighted by atomic mass is 16.4. The van der Waals surface area contributed by atoms with Crippen molar-refractivity contribution >= 4 is 11.9 Å². The fourth-order valence-corrected chi connectivity index (χ4v) is 3.51. The van der Waals surface area contributed by atoms with Crippen LogP contribution in [-0.2, 0) is 9.59 Å². The van der Waals surface area contributed by atoms with Crippen molar-refractivity contribution in [3.63, 3.8) is 0 Å². The maximum absolute atomic E-state index is 11.8. The van der Waals surface area contributed by atoms with E-state index in [9.17, 15) is 14.7 Å². The van der Waals surface area contributed by atoms with Gasteiger partial charge in [0.15, 0.2) is 0 Å². The van der Waals surface area contributed by atoms with Gasteiger partial charge in [0.05, 0.1) is 6.42 Å². The van der Waals surface area contributed by atoms with Gasteiger partial charge in [0.25, 0.3) is 5.91 Å². The standard InChI is InChI=1S/C23H45NO4/c1-3-4-5-6-7-8-9-10-11-12-13-14-15-16-17-18-19-24(2)23(28)21(25)20-22(26)27/h21,25H,3-20H2,1-2H3,(H,26,27). The normalized spacial score (nSPS) is 12.1. The number of carbonyl (C=O) groups excluding carboxylic acids is 1. The molecule has 0 aromatic heterocycles. The van der Waals surface area contributed by atoms with Crippen LogP contribution in [0.3, 0.4) is 0 Å². The molecule has 0 saturated heterocycles. The molecule has 28 heavy (non-hydrogen) atoms. The van der Waals surface area contributed by atoms with Crippen LogP contribution >= 0.6 is 0 Å². The molecule has 5 nitrogen and oxygen atoms in total. The third-order valence-electron chi connectivity index (χ3n) is 5.38. The van der Waals surface area contributed by atoms with Gasteiger partial charge < -0.3 is 15.1 Å². The Hall–Kier alpha value is -1.10. The quantitative estimate of drug-likeness (QED) is 0.263. The van der Waals surface area contributed by atoms with E-state index in [4.69, 9.17) is 5.11 Å². The first-order chi connectivity index (χ1) is 13.5. The van der Waals surface area contributed by atoms with E-state index in [1.165, 1.54) is 94.8 Å². The van der Waals surface area contributed by atoms with Gasteiger partial charge in [-0.25, -0.2) is 0 Å². The minimum Gasteiger partial charge on any atom is -0.481 e. The second-order valence-corrected chi connectivity index (χ2v) is 8.18. The van der Waals surface area contributed by atoms with Crippen LogP contribution < -0.4 is 0 Å². The highest BCUT2D eigenvalue weighted by Crippen LogP contribution is 2.13. The smallest absolute Gasteiger partial charge is 0.306 e. The Kier molecular flexibility index (Phi) is 18.5. The molecule has 166 valence electrons. The molecule has 5 heteroatoms. The average molecular weight is 400 g/mol. The zero-order chi connectivity index (χ0) is 21.0. The maximum Gasteiger partial charge on any atom is 0.306 e. The summed E-state index contributed by atoms with van der Waals surface area (Å²) in [6.45, 7) is 2.84. The lowest BCUT2D eigenvalue weighted by atomic mass is 10.0. The van der Waals surface area contributed by atoms with Gasteiger partial charge in [-0.2, -0.15) is 0 Å². The van der Waals surface area contributed by atoms with E-state index in [0.29, 0.717) is 6.54 Å². The second kappa shape index (κ2) is 19.2. The molecule has 1 amide bonds. The number of carboxylic acid groups (broad SMARTS) is 1. The first-order valence-electron chi connectivity index (χ1n) is 11.6. The molecule has 0 aliphatic rings. The first-order valence-corrected chi connectivity index (χ1v) is 11.6. The predicted molar refractivity (Wildman–Crippen MR) is 115 cm³/mol. The molecule has 2 N–H and O–H groups in total. The van der Waals surface area contributed by atoms with E-state index in [2.05, 4.69) is 6.92 Å². The van der Waals surface area contributed by atoms with E-state index >= 15 is 0 Å². The van der Waals surface area contributed by atoms with Crippen molar-refractivity contribution < 1.29 is 19.8 Å². The molecule has 0 rings (SSSR count). The SMILES string of the molecule is CCCCCCCCCCCCCCCCCCN(C)C(=O)C(O)CC(=O)O. The topological polar surface area (TPSA) is 77.8 Å². The summed E-state index contributed by atoms with van der Waals surface area (Å²) in [5.41, 5.74) is 0. The fraction of sp³-hybridized carbons (Fsp3) is 0.913. The summed E-state index contributed by atoms with van der Waals surface area (Å²) >= 11 is 0. The molecule has 0 spiro atoms. The van der Waals surface area contributed by atoms with E-state index in [1.54, 1.807) is 7.05 Å². The molecule has 0 aliphatic heterocycles. The predicted octanol–water partition coefficient (Wildman–Crippen LogP) is 5.54. The number of aliphatic hydroxyl groups excluding tert-OH is 1. The number of carboxylic acids is 1. The monoisotopic (exact) mass is 399 g/mol. The van der Waals surface area contributed by atoms with E-state index in [0.717, 1.165) is 12.8 Å². The molecule has 0 fully saturated rings. The van der Waals surface area contributed by atoms with Crippen LogP contribution in [0.2, 0.25) is 0 Å². The number of amides is 1. The summed E-state index contributed by atoms with van der Waals surface area (Å²) in [5.74, 6) is -1.65. The molecule has 0 heterocycles. The number of likely N-dealkylation sites (N-methyl/N-ethyl adjacent to an activating group) is 1. The molecule has 0 saturated carbocycles. The van der Waals surface area contributed by atoms with Gasteiger partial charge in [-0.05, 0) is 6.42 Å². The Morgan fingerprint density at radius 3 is 1.43 bits per heavy atom. The number of carbonyl (C=O) groups is 2.